The van der Waals surface area contributed by atoms with Crippen molar-refractivity contribution in [2.45, 2.75) is 50.5 Å². The number of pyridine rings is 1. The molecule has 0 aliphatic heterocycles. The monoisotopic (exact) mass is 363 g/mol. The molecule has 5 rings (SSSR count). The van der Waals surface area contributed by atoms with Crippen molar-refractivity contribution in [3.05, 3.63) is 63.3 Å². The van der Waals surface area contributed by atoms with E-state index in [-0.39, 0.29) is 23.1 Å². The molecule has 6 heteroatoms. The lowest BCUT2D eigenvalue weighted by atomic mass is 9.69. The fourth-order valence-corrected chi connectivity index (χ4v) is 4.73. The van der Waals surface area contributed by atoms with Gasteiger partial charge in [-0.2, -0.15) is 0 Å². The maximum absolute atomic E-state index is 12.8. The zero-order valence-corrected chi connectivity index (χ0v) is 15.3. The first-order chi connectivity index (χ1) is 12.9. The van der Waals surface area contributed by atoms with Gasteiger partial charge in [-0.3, -0.25) is 9.78 Å². The lowest BCUT2D eigenvalue weighted by molar-refractivity contribution is 0.0930. The summed E-state index contributed by atoms with van der Waals surface area (Å²) in [6, 6.07) is 9.64. The number of aromatic amines is 1. The molecule has 0 saturated heterocycles. The van der Waals surface area contributed by atoms with Crippen molar-refractivity contribution in [2.75, 3.05) is 0 Å². The van der Waals surface area contributed by atoms with Crippen LogP contribution in [0.15, 0.2) is 39.5 Å². The SMILES string of the molecule is CC1(C)CCC2CC(NC(=O)c3ccc4oc(=O)[nH]c4n3)c3cccc1c32. The molecule has 0 spiro atoms. The molecule has 27 heavy (non-hydrogen) atoms. The van der Waals surface area contributed by atoms with Crippen molar-refractivity contribution in [1.29, 1.82) is 0 Å². The van der Waals surface area contributed by atoms with Crippen LogP contribution in [0.5, 0.6) is 0 Å². The molecule has 0 saturated carbocycles. The summed E-state index contributed by atoms with van der Waals surface area (Å²) >= 11 is 0. The van der Waals surface area contributed by atoms with Gasteiger partial charge in [-0.15, -0.1) is 0 Å². The van der Waals surface area contributed by atoms with E-state index in [0.717, 1.165) is 12.8 Å². The number of carbonyl (C=O) groups excluding carboxylic acids is 1. The van der Waals surface area contributed by atoms with Gasteiger partial charge in [0.25, 0.3) is 5.91 Å². The van der Waals surface area contributed by atoms with Crippen LogP contribution in [0.4, 0.5) is 0 Å². The average molecular weight is 363 g/mol. The normalized spacial score (nSPS) is 22.6. The first kappa shape index (κ1) is 16.3. The third-order valence-corrected chi connectivity index (χ3v) is 6.11. The predicted octanol–water partition coefficient (Wildman–Crippen LogP) is 3.55. The summed E-state index contributed by atoms with van der Waals surface area (Å²) in [6.07, 6.45) is 3.25. The van der Waals surface area contributed by atoms with E-state index >= 15 is 0 Å². The molecule has 0 fully saturated rings. The second-order valence-electron chi connectivity index (χ2n) is 8.25. The molecule has 2 N–H and O–H groups in total. The third kappa shape index (κ3) is 2.51. The summed E-state index contributed by atoms with van der Waals surface area (Å²) in [4.78, 5) is 30.8. The first-order valence-corrected chi connectivity index (χ1v) is 9.36. The Labute approximate surface area is 156 Å². The van der Waals surface area contributed by atoms with E-state index in [0.29, 0.717) is 17.1 Å². The zero-order chi connectivity index (χ0) is 18.8. The summed E-state index contributed by atoms with van der Waals surface area (Å²) in [5, 5.41) is 3.15. The highest BCUT2D eigenvalue weighted by atomic mass is 16.4. The number of oxazole rings is 1. The number of H-pyrrole nitrogens is 1. The number of nitrogens with zero attached hydrogens (tertiary/aromatic N) is 1. The Morgan fingerprint density at radius 3 is 3.00 bits per heavy atom. The van der Waals surface area contributed by atoms with Gasteiger partial charge in [-0.1, -0.05) is 32.0 Å². The number of nitrogens with one attached hydrogen (secondary N) is 2. The lowest BCUT2D eigenvalue weighted by Crippen LogP contribution is -2.28. The second kappa shape index (κ2) is 5.55. The molecular formula is C21H21N3O3. The van der Waals surface area contributed by atoms with Crippen LogP contribution < -0.4 is 11.1 Å². The molecule has 138 valence electrons. The summed E-state index contributed by atoms with van der Waals surface area (Å²) in [6.45, 7) is 4.60. The predicted molar refractivity (Wildman–Crippen MR) is 101 cm³/mol. The summed E-state index contributed by atoms with van der Waals surface area (Å²) in [7, 11) is 0. The van der Waals surface area contributed by atoms with Gasteiger partial charge in [0.2, 0.25) is 0 Å². The van der Waals surface area contributed by atoms with E-state index in [1.54, 1.807) is 12.1 Å². The molecule has 2 heterocycles. The molecule has 2 aliphatic carbocycles. The van der Waals surface area contributed by atoms with E-state index in [2.05, 4.69) is 47.3 Å². The van der Waals surface area contributed by atoms with Crippen molar-refractivity contribution >= 4 is 17.1 Å². The molecule has 2 unspecified atom stereocenters. The van der Waals surface area contributed by atoms with Crippen molar-refractivity contribution in [3.8, 4) is 0 Å². The first-order valence-electron chi connectivity index (χ1n) is 9.36. The fourth-order valence-electron chi connectivity index (χ4n) is 4.73. The summed E-state index contributed by atoms with van der Waals surface area (Å²) in [5.74, 6) is -0.300. The third-order valence-electron chi connectivity index (χ3n) is 6.11. The Bertz CT molecular complexity index is 1130. The van der Waals surface area contributed by atoms with Gasteiger partial charge in [-0.25, -0.2) is 9.78 Å². The van der Waals surface area contributed by atoms with E-state index in [9.17, 15) is 9.59 Å². The second-order valence-corrected chi connectivity index (χ2v) is 8.25. The minimum atomic E-state index is -0.573. The fraction of sp³-hybridized carbons (Fsp3) is 0.381. The smallest absolute Gasteiger partial charge is 0.406 e. The van der Waals surface area contributed by atoms with Crippen LogP contribution in [0, 0.1) is 0 Å². The highest BCUT2D eigenvalue weighted by Crippen LogP contribution is 2.52. The summed E-state index contributed by atoms with van der Waals surface area (Å²) in [5.41, 5.74) is 5.18. The Kier molecular flexibility index (Phi) is 3.35. The molecule has 2 aliphatic rings. The van der Waals surface area contributed by atoms with E-state index < -0.39 is 5.76 Å². The molecule has 3 aromatic rings. The number of carbonyl (C=O) groups is 1. The van der Waals surface area contributed by atoms with Gasteiger partial charge >= 0.3 is 5.76 Å². The highest BCUT2D eigenvalue weighted by Gasteiger charge is 2.40. The van der Waals surface area contributed by atoms with Crippen molar-refractivity contribution in [2.24, 2.45) is 0 Å². The number of hydrogen-bond donors (Lipinski definition) is 2. The van der Waals surface area contributed by atoms with Crippen LogP contribution in [0.2, 0.25) is 0 Å². The van der Waals surface area contributed by atoms with Crippen molar-refractivity contribution < 1.29 is 9.21 Å². The quantitative estimate of drug-likeness (QED) is 0.729. The van der Waals surface area contributed by atoms with Crippen LogP contribution in [-0.2, 0) is 5.41 Å². The minimum Gasteiger partial charge on any atom is -0.406 e. The Balaban J connectivity index is 1.46. The van der Waals surface area contributed by atoms with Gasteiger partial charge in [-0.05, 0) is 59.4 Å². The number of rotatable bonds is 2. The molecule has 0 bridgehead atoms. The maximum atomic E-state index is 12.8. The van der Waals surface area contributed by atoms with E-state index in [4.69, 9.17) is 4.42 Å². The zero-order valence-electron chi connectivity index (χ0n) is 15.3. The number of benzene rings is 1. The van der Waals surface area contributed by atoms with E-state index in [1.165, 1.54) is 23.1 Å². The Hall–Kier alpha value is -2.89. The van der Waals surface area contributed by atoms with Gasteiger partial charge < -0.3 is 9.73 Å². The molecule has 1 amide bonds. The summed E-state index contributed by atoms with van der Waals surface area (Å²) < 4.78 is 4.95. The topological polar surface area (TPSA) is 88.0 Å². The molecule has 6 nitrogen and oxygen atoms in total. The van der Waals surface area contributed by atoms with Crippen LogP contribution in [0.3, 0.4) is 0 Å². The number of aromatic nitrogens is 2. The average Bonchev–Trinajstić information content (AvgIpc) is 3.18. The number of fused-ring (bicyclic) bond motifs is 1. The van der Waals surface area contributed by atoms with Crippen LogP contribution in [0.1, 0.15) is 72.2 Å². The molecule has 2 aromatic heterocycles. The molecular weight excluding hydrogens is 342 g/mol. The molecule has 1 aromatic carbocycles. The highest BCUT2D eigenvalue weighted by molar-refractivity contribution is 5.94. The lowest BCUT2D eigenvalue weighted by Gasteiger charge is -2.35. The number of hydrogen-bond acceptors (Lipinski definition) is 4. The largest absolute Gasteiger partial charge is 0.418 e. The van der Waals surface area contributed by atoms with Crippen LogP contribution in [0.25, 0.3) is 11.2 Å². The minimum absolute atomic E-state index is 0.00718. The maximum Gasteiger partial charge on any atom is 0.418 e. The van der Waals surface area contributed by atoms with Crippen LogP contribution in [-0.4, -0.2) is 15.9 Å². The van der Waals surface area contributed by atoms with Gasteiger partial charge in [0, 0.05) is 0 Å². The van der Waals surface area contributed by atoms with Crippen molar-refractivity contribution in [3.63, 3.8) is 0 Å². The van der Waals surface area contributed by atoms with E-state index in [1.807, 2.05) is 0 Å². The van der Waals surface area contributed by atoms with Gasteiger partial charge in [0.1, 0.15) is 5.69 Å². The molecule has 0 radical (unpaired) electrons. The van der Waals surface area contributed by atoms with Gasteiger partial charge in [0.05, 0.1) is 6.04 Å². The Morgan fingerprint density at radius 2 is 2.15 bits per heavy atom. The molecule has 2 atom stereocenters. The van der Waals surface area contributed by atoms with Gasteiger partial charge in [0.15, 0.2) is 11.2 Å². The van der Waals surface area contributed by atoms with Crippen LogP contribution >= 0.6 is 0 Å². The standard InChI is InChI=1S/C21H21N3O3/c1-21(2)9-8-11-10-15(12-4-3-5-13(21)17(11)12)23-19(25)14-6-7-16-18(22-14)24-20(26)27-16/h3-7,11,15H,8-10H2,1-2H3,(H,23,25)(H,22,24,26). The Morgan fingerprint density at radius 1 is 1.30 bits per heavy atom. The van der Waals surface area contributed by atoms with Crippen molar-refractivity contribution in [1.82, 2.24) is 15.3 Å². The number of amides is 1.